The number of benzene rings is 2. The molecule has 4 aliphatic rings. The molecule has 0 atom stereocenters. The van der Waals surface area contributed by atoms with Crippen LogP contribution in [0.2, 0.25) is 0 Å². The summed E-state index contributed by atoms with van der Waals surface area (Å²) in [4.78, 5) is 57.5. The van der Waals surface area contributed by atoms with Crippen molar-refractivity contribution in [3.8, 4) is 17.2 Å². The minimum absolute atomic E-state index is 0.234. The molecule has 1 spiro atoms. The SMILES string of the molecule is CC(C)(C)OC(=O)N1CCC(CN2CCOC3(C2)CN(C2(c4ccc(Oc5ccc(OC(F)(F)F)cc5)cc4)C(=O)NC(=O)NC2=O)C3)CC1. The lowest BCUT2D eigenvalue weighted by Gasteiger charge is -2.59. The van der Waals surface area contributed by atoms with Crippen LogP contribution in [0.3, 0.4) is 0 Å². The van der Waals surface area contributed by atoms with Gasteiger partial charge >= 0.3 is 18.5 Å². The zero-order chi connectivity index (χ0) is 35.9. The van der Waals surface area contributed by atoms with E-state index in [1.807, 2.05) is 20.8 Å². The van der Waals surface area contributed by atoms with Crippen LogP contribution in [-0.4, -0.2) is 109 Å². The molecule has 0 aromatic heterocycles. The van der Waals surface area contributed by atoms with E-state index in [2.05, 4.69) is 20.3 Å². The Morgan fingerprint density at radius 1 is 0.860 bits per heavy atom. The quantitative estimate of drug-likeness (QED) is 0.408. The first-order chi connectivity index (χ1) is 23.5. The Morgan fingerprint density at radius 2 is 1.42 bits per heavy atom. The molecular weight excluding hydrogens is 663 g/mol. The number of nitrogens with zero attached hydrogens (tertiary/aromatic N) is 3. The van der Waals surface area contributed by atoms with E-state index in [0.717, 1.165) is 38.1 Å². The number of hydrogen-bond donors (Lipinski definition) is 2. The zero-order valence-electron chi connectivity index (χ0n) is 28.0. The van der Waals surface area contributed by atoms with Gasteiger partial charge in [0.15, 0.2) is 0 Å². The number of piperidine rings is 1. The number of amides is 5. The van der Waals surface area contributed by atoms with E-state index >= 15 is 0 Å². The Bertz CT molecular complexity index is 1580. The summed E-state index contributed by atoms with van der Waals surface area (Å²) >= 11 is 0. The molecule has 4 aliphatic heterocycles. The van der Waals surface area contributed by atoms with Gasteiger partial charge in [-0.25, -0.2) is 9.59 Å². The second kappa shape index (κ2) is 13.4. The number of halogens is 3. The number of rotatable bonds is 7. The van der Waals surface area contributed by atoms with Gasteiger partial charge in [-0.05, 0) is 81.5 Å². The second-order valence-corrected chi connectivity index (χ2v) is 14.1. The van der Waals surface area contributed by atoms with Gasteiger partial charge in [0.2, 0.25) is 5.54 Å². The summed E-state index contributed by atoms with van der Waals surface area (Å²) in [7, 11) is 0. The molecule has 2 aromatic carbocycles. The van der Waals surface area contributed by atoms with Crippen LogP contribution in [0.1, 0.15) is 39.2 Å². The molecule has 13 nitrogen and oxygen atoms in total. The fourth-order valence-corrected chi connectivity index (χ4v) is 7.01. The van der Waals surface area contributed by atoms with E-state index in [9.17, 15) is 32.3 Å². The van der Waals surface area contributed by atoms with Crippen molar-refractivity contribution >= 4 is 23.9 Å². The highest BCUT2D eigenvalue weighted by atomic mass is 19.4. The van der Waals surface area contributed by atoms with Crippen LogP contribution in [0.15, 0.2) is 48.5 Å². The van der Waals surface area contributed by atoms with Crippen molar-refractivity contribution in [2.24, 2.45) is 5.92 Å². The summed E-state index contributed by atoms with van der Waals surface area (Å²) in [5, 5.41) is 4.48. The van der Waals surface area contributed by atoms with Crippen molar-refractivity contribution in [2.75, 3.05) is 52.4 Å². The molecular formula is C34H40F3N5O8. The molecule has 0 aliphatic carbocycles. The van der Waals surface area contributed by atoms with Crippen LogP contribution in [0.25, 0.3) is 0 Å². The van der Waals surface area contributed by atoms with Gasteiger partial charge in [0.25, 0.3) is 11.8 Å². The first kappa shape index (κ1) is 35.4. The minimum Gasteiger partial charge on any atom is -0.457 e. The molecule has 0 saturated carbocycles. The third-order valence-electron chi connectivity index (χ3n) is 9.22. The molecule has 2 N–H and O–H groups in total. The van der Waals surface area contributed by atoms with Gasteiger partial charge in [-0.15, -0.1) is 13.2 Å². The Labute approximate surface area is 286 Å². The van der Waals surface area contributed by atoms with Crippen LogP contribution >= 0.6 is 0 Å². The number of imide groups is 2. The average molecular weight is 704 g/mol. The molecule has 50 heavy (non-hydrogen) atoms. The lowest BCUT2D eigenvalue weighted by molar-refractivity contribution is -0.274. The highest BCUT2D eigenvalue weighted by Crippen LogP contribution is 2.42. The van der Waals surface area contributed by atoms with E-state index in [-0.39, 0.29) is 24.9 Å². The number of ether oxygens (including phenoxy) is 4. The Morgan fingerprint density at radius 3 is 1.98 bits per heavy atom. The molecule has 2 aromatic rings. The summed E-state index contributed by atoms with van der Waals surface area (Å²) < 4.78 is 58.9. The highest BCUT2D eigenvalue weighted by Gasteiger charge is 2.63. The van der Waals surface area contributed by atoms with E-state index in [1.165, 1.54) is 36.4 Å². The van der Waals surface area contributed by atoms with Crippen molar-refractivity contribution in [1.29, 1.82) is 0 Å². The predicted octanol–water partition coefficient (Wildman–Crippen LogP) is 3.97. The predicted molar refractivity (Wildman–Crippen MR) is 170 cm³/mol. The normalized spacial score (nSPS) is 21.6. The number of barbiturate groups is 1. The molecule has 270 valence electrons. The first-order valence-electron chi connectivity index (χ1n) is 16.4. The van der Waals surface area contributed by atoms with Crippen molar-refractivity contribution in [3.63, 3.8) is 0 Å². The van der Waals surface area contributed by atoms with E-state index < -0.39 is 46.7 Å². The van der Waals surface area contributed by atoms with Crippen molar-refractivity contribution in [1.82, 2.24) is 25.3 Å². The standard InChI is InChI=1S/C34H40F3N5O8/c1-31(2,3)50-30(46)41-14-12-22(13-15-41)18-40-16-17-47-32(19-40)20-42(21-32)33(27(43)38-29(45)39-28(33)44)23-4-6-24(7-5-23)48-25-8-10-26(11-9-25)49-34(35,36)37/h4-11,22H,12-21H2,1-3H3,(H2,38,39,43,44,45). The fraction of sp³-hybridized carbons (Fsp3) is 0.529. The topological polar surface area (TPSA) is 139 Å². The average Bonchev–Trinajstić information content (AvgIpc) is 3.01. The minimum atomic E-state index is -4.82. The zero-order valence-corrected chi connectivity index (χ0v) is 28.0. The molecule has 0 bridgehead atoms. The van der Waals surface area contributed by atoms with Gasteiger partial charge in [0, 0.05) is 45.8 Å². The van der Waals surface area contributed by atoms with Crippen molar-refractivity contribution in [3.05, 3.63) is 54.1 Å². The number of likely N-dealkylation sites (tertiary alicyclic amines) is 2. The van der Waals surface area contributed by atoms with Crippen LogP contribution in [0.5, 0.6) is 17.2 Å². The summed E-state index contributed by atoms with van der Waals surface area (Å²) in [6.07, 6.45) is -3.41. The third-order valence-corrected chi connectivity index (χ3v) is 9.22. The van der Waals surface area contributed by atoms with Gasteiger partial charge in [-0.2, -0.15) is 0 Å². The number of carbonyl (C=O) groups is 4. The monoisotopic (exact) mass is 703 g/mol. The smallest absolute Gasteiger partial charge is 0.457 e. The van der Waals surface area contributed by atoms with Crippen molar-refractivity contribution < 1.29 is 51.3 Å². The van der Waals surface area contributed by atoms with Gasteiger partial charge in [-0.3, -0.25) is 30.0 Å². The molecule has 6 rings (SSSR count). The number of carbonyl (C=O) groups excluding carboxylic acids is 4. The molecule has 4 heterocycles. The van der Waals surface area contributed by atoms with Crippen LogP contribution < -0.4 is 20.1 Å². The van der Waals surface area contributed by atoms with Crippen molar-refractivity contribution in [2.45, 2.75) is 56.7 Å². The summed E-state index contributed by atoms with van der Waals surface area (Å²) in [5.41, 5.74) is -2.75. The maximum absolute atomic E-state index is 13.6. The van der Waals surface area contributed by atoms with E-state index in [1.54, 1.807) is 9.80 Å². The number of urea groups is 1. The Hall–Kier alpha value is -4.41. The maximum atomic E-state index is 13.6. The highest BCUT2D eigenvalue weighted by molar-refractivity contribution is 6.22. The van der Waals surface area contributed by atoms with E-state index in [4.69, 9.17) is 14.2 Å². The largest absolute Gasteiger partial charge is 0.573 e. The number of hydrogen-bond acceptors (Lipinski definition) is 10. The molecule has 4 fully saturated rings. The lowest BCUT2D eigenvalue weighted by Crippen LogP contribution is -2.80. The van der Waals surface area contributed by atoms with E-state index in [0.29, 0.717) is 43.5 Å². The van der Waals surface area contributed by atoms with Gasteiger partial charge in [0.1, 0.15) is 28.5 Å². The summed E-state index contributed by atoms with van der Waals surface area (Å²) in [6, 6.07) is 10.1. The maximum Gasteiger partial charge on any atom is 0.573 e. The number of alkyl halides is 3. The molecule has 0 unspecified atom stereocenters. The third kappa shape index (κ3) is 7.66. The summed E-state index contributed by atoms with van der Waals surface area (Å²) in [6.45, 7) is 9.93. The molecule has 0 radical (unpaired) electrons. The van der Waals surface area contributed by atoms with Crippen LogP contribution in [0.4, 0.5) is 22.8 Å². The Kier molecular flexibility index (Phi) is 9.47. The fourth-order valence-electron chi connectivity index (χ4n) is 7.01. The van der Waals surface area contributed by atoms with Crippen LogP contribution in [0, 0.1) is 5.92 Å². The van der Waals surface area contributed by atoms with Crippen LogP contribution in [-0.2, 0) is 24.6 Å². The molecule has 5 amide bonds. The Balaban J connectivity index is 1.10. The number of morpholine rings is 1. The second-order valence-electron chi connectivity index (χ2n) is 14.1. The summed E-state index contributed by atoms with van der Waals surface area (Å²) in [5.74, 6) is -1.07. The van der Waals surface area contributed by atoms with Gasteiger partial charge in [-0.1, -0.05) is 12.1 Å². The number of nitrogens with one attached hydrogen (secondary N) is 2. The molecule has 16 heteroatoms. The van der Waals surface area contributed by atoms with Gasteiger partial charge < -0.3 is 23.8 Å². The first-order valence-corrected chi connectivity index (χ1v) is 16.4. The van der Waals surface area contributed by atoms with Gasteiger partial charge in [0.05, 0.1) is 6.61 Å². The molecule has 4 saturated heterocycles. The lowest BCUT2D eigenvalue weighted by atomic mass is 9.78.